The van der Waals surface area contributed by atoms with Crippen LogP contribution in [0.1, 0.15) is 25.7 Å². The van der Waals surface area contributed by atoms with E-state index in [2.05, 4.69) is 11.9 Å². The third-order valence-corrected chi connectivity index (χ3v) is 3.77. The molecule has 2 fully saturated rings. The lowest BCUT2D eigenvalue weighted by atomic mass is 9.77. The zero-order valence-electron chi connectivity index (χ0n) is 9.04. The fourth-order valence-corrected chi connectivity index (χ4v) is 2.58. The van der Waals surface area contributed by atoms with Gasteiger partial charge in [-0.05, 0) is 32.7 Å². The Morgan fingerprint density at radius 1 is 1.36 bits per heavy atom. The maximum Gasteiger partial charge on any atom is 0.0722 e. The van der Waals surface area contributed by atoms with Crippen LogP contribution in [0.5, 0.6) is 0 Å². The van der Waals surface area contributed by atoms with Crippen LogP contribution >= 0.6 is 0 Å². The molecule has 0 amide bonds. The lowest BCUT2D eigenvalue weighted by Crippen LogP contribution is -2.50. The predicted octanol–water partition coefficient (Wildman–Crippen LogP) is 0.870. The molecule has 1 atom stereocenters. The van der Waals surface area contributed by atoms with Crippen LogP contribution in [0.25, 0.3) is 0 Å². The lowest BCUT2D eigenvalue weighted by Gasteiger charge is -2.43. The van der Waals surface area contributed by atoms with Crippen molar-refractivity contribution in [3.8, 4) is 0 Å². The first-order valence-electron chi connectivity index (χ1n) is 5.69. The molecular formula is C11H21NO2. The van der Waals surface area contributed by atoms with Crippen molar-refractivity contribution in [3.63, 3.8) is 0 Å². The molecule has 0 aliphatic carbocycles. The first kappa shape index (κ1) is 10.4. The summed E-state index contributed by atoms with van der Waals surface area (Å²) in [6.45, 7) is 3.69. The molecule has 0 aromatic rings. The molecule has 2 rings (SSSR count). The van der Waals surface area contributed by atoms with E-state index in [1.54, 1.807) is 0 Å². The van der Waals surface area contributed by atoms with E-state index in [1.807, 2.05) is 0 Å². The molecule has 0 aromatic heterocycles. The second-order valence-corrected chi connectivity index (χ2v) is 4.82. The number of ether oxygens (including phenoxy) is 1. The van der Waals surface area contributed by atoms with Gasteiger partial charge in [0, 0.05) is 25.6 Å². The van der Waals surface area contributed by atoms with Gasteiger partial charge in [0.1, 0.15) is 0 Å². The van der Waals surface area contributed by atoms with Gasteiger partial charge in [-0.2, -0.15) is 0 Å². The molecule has 2 aliphatic heterocycles. The quantitative estimate of drug-likeness (QED) is 0.680. The van der Waals surface area contributed by atoms with Gasteiger partial charge in [0.2, 0.25) is 0 Å². The predicted molar refractivity (Wildman–Crippen MR) is 55.2 cm³/mol. The highest BCUT2D eigenvalue weighted by molar-refractivity contribution is 4.91. The summed E-state index contributed by atoms with van der Waals surface area (Å²) in [4.78, 5) is 2.29. The van der Waals surface area contributed by atoms with Gasteiger partial charge in [0.25, 0.3) is 0 Å². The number of aliphatic hydroxyl groups is 1. The lowest BCUT2D eigenvalue weighted by molar-refractivity contribution is -0.106. The zero-order chi connectivity index (χ0) is 10.0. The number of piperidine rings is 1. The summed E-state index contributed by atoms with van der Waals surface area (Å²) in [5, 5.41) is 10.5. The van der Waals surface area contributed by atoms with Gasteiger partial charge in [0.05, 0.1) is 12.2 Å². The summed E-state index contributed by atoms with van der Waals surface area (Å²) in [5.74, 6) is 0.380. The highest BCUT2D eigenvalue weighted by atomic mass is 16.5. The SMILES string of the molecule is CN1CCC(O)(C2CCCOC2)CC1. The van der Waals surface area contributed by atoms with Crippen LogP contribution in [0.3, 0.4) is 0 Å². The minimum Gasteiger partial charge on any atom is -0.389 e. The standard InChI is InChI=1S/C11H21NO2/c1-12-6-4-11(13,5-7-12)10-3-2-8-14-9-10/h10,13H,2-9H2,1H3. The van der Waals surface area contributed by atoms with Gasteiger partial charge < -0.3 is 14.7 Å². The van der Waals surface area contributed by atoms with E-state index in [4.69, 9.17) is 4.74 Å². The van der Waals surface area contributed by atoms with E-state index in [9.17, 15) is 5.11 Å². The van der Waals surface area contributed by atoms with Crippen LogP contribution < -0.4 is 0 Å². The van der Waals surface area contributed by atoms with E-state index in [0.717, 1.165) is 52.0 Å². The van der Waals surface area contributed by atoms with Crippen LogP contribution in [-0.2, 0) is 4.74 Å². The summed E-state index contributed by atoms with van der Waals surface area (Å²) in [5.41, 5.74) is -0.438. The summed E-state index contributed by atoms with van der Waals surface area (Å²) in [6, 6.07) is 0. The fourth-order valence-electron chi connectivity index (χ4n) is 2.58. The van der Waals surface area contributed by atoms with E-state index < -0.39 is 5.60 Å². The molecule has 2 heterocycles. The third kappa shape index (κ3) is 2.10. The molecule has 1 N–H and O–H groups in total. The zero-order valence-corrected chi connectivity index (χ0v) is 9.04. The molecule has 82 valence electrons. The molecule has 14 heavy (non-hydrogen) atoms. The molecule has 3 heteroatoms. The van der Waals surface area contributed by atoms with E-state index >= 15 is 0 Å². The highest BCUT2D eigenvalue weighted by Gasteiger charge is 2.39. The number of likely N-dealkylation sites (tertiary alicyclic amines) is 1. The van der Waals surface area contributed by atoms with Crippen LogP contribution in [0, 0.1) is 5.92 Å². The molecule has 2 aliphatic rings. The Morgan fingerprint density at radius 2 is 2.07 bits per heavy atom. The Labute approximate surface area is 86.0 Å². The van der Waals surface area contributed by atoms with Crippen LogP contribution in [0.4, 0.5) is 0 Å². The van der Waals surface area contributed by atoms with Crippen molar-refractivity contribution >= 4 is 0 Å². The molecule has 0 spiro atoms. The fraction of sp³-hybridized carbons (Fsp3) is 1.00. The third-order valence-electron chi connectivity index (χ3n) is 3.77. The summed E-state index contributed by atoms with van der Waals surface area (Å²) in [7, 11) is 2.12. The van der Waals surface area contributed by atoms with Crippen molar-refractivity contribution in [2.45, 2.75) is 31.3 Å². The monoisotopic (exact) mass is 199 g/mol. The van der Waals surface area contributed by atoms with Crippen molar-refractivity contribution in [3.05, 3.63) is 0 Å². The van der Waals surface area contributed by atoms with Gasteiger partial charge >= 0.3 is 0 Å². The normalized spacial score (nSPS) is 34.3. The average molecular weight is 199 g/mol. The van der Waals surface area contributed by atoms with Gasteiger partial charge in [-0.3, -0.25) is 0 Å². The molecular weight excluding hydrogens is 178 g/mol. The van der Waals surface area contributed by atoms with Gasteiger partial charge in [-0.15, -0.1) is 0 Å². The summed E-state index contributed by atoms with van der Waals surface area (Å²) < 4.78 is 5.45. The second-order valence-electron chi connectivity index (χ2n) is 4.82. The minimum absolute atomic E-state index is 0.380. The molecule has 0 aromatic carbocycles. The van der Waals surface area contributed by atoms with Crippen molar-refractivity contribution in [2.24, 2.45) is 5.92 Å². The van der Waals surface area contributed by atoms with Crippen molar-refractivity contribution in [2.75, 3.05) is 33.4 Å². The molecule has 2 saturated heterocycles. The molecule has 0 bridgehead atoms. The summed E-state index contributed by atoms with van der Waals surface area (Å²) >= 11 is 0. The van der Waals surface area contributed by atoms with Crippen molar-refractivity contribution in [1.82, 2.24) is 4.90 Å². The summed E-state index contributed by atoms with van der Waals surface area (Å²) in [6.07, 6.45) is 4.08. The molecule has 1 unspecified atom stereocenters. The smallest absolute Gasteiger partial charge is 0.0722 e. The van der Waals surface area contributed by atoms with Gasteiger partial charge in [0.15, 0.2) is 0 Å². The minimum atomic E-state index is -0.438. The van der Waals surface area contributed by atoms with Crippen LogP contribution in [-0.4, -0.2) is 49.0 Å². The average Bonchev–Trinajstić information content (AvgIpc) is 2.24. The van der Waals surface area contributed by atoms with Crippen LogP contribution in [0.15, 0.2) is 0 Å². The Bertz CT molecular complexity index is 182. The molecule has 0 radical (unpaired) electrons. The van der Waals surface area contributed by atoms with Gasteiger partial charge in [-0.25, -0.2) is 0 Å². The van der Waals surface area contributed by atoms with Gasteiger partial charge in [-0.1, -0.05) is 0 Å². The Hall–Kier alpha value is -0.120. The van der Waals surface area contributed by atoms with E-state index in [0.29, 0.717) is 5.92 Å². The number of hydrogen-bond donors (Lipinski definition) is 1. The van der Waals surface area contributed by atoms with Crippen molar-refractivity contribution in [1.29, 1.82) is 0 Å². The maximum absolute atomic E-state index is 10.5. The topological polar surface area (TPSA) is 32.7 Å². The number of hydrogen-bond acceptors (Lipinski definition) is 3. The molecule has 0 saturated carbocycles. The Morgan fingerprint density at radius 3 is 2.64 bits per heavy atom. The Kier molecular flexibility index (Phi) is 3.10. The first-order chi connectivity index (χ1) is 6.71. The Balaban J connectivity index is 1.93. The van der Waals surface area contributed by atoms with E-state index in [-0.39, 0.29) is 0 Å². The van der Waals surface area contributed by atoms with E-state index in [1.165, 1.54) is 0 Å². The van der Waals surface area contributed by atoms with Crippen LogP contribution in [0.2, 0.25) is 0 Å². The molecule has 3 nitrogen and oxygen atoms in total. The first-order valence-corrected chi connectivity index (χ1v) is 5.69. The highest BCUT2D eigenvalue weighted by Crippen LogP contribution is 2.34. The second kappa shape index (κ2) is 4.17. The number of nitrogens with zero attached hydrogens (tertiary/aromatic N) is 1. The number of rotatable bonds is 1. The van der Waals surface area contributed by atoms with Crippen molar-refractivity contribution < 1.29 is 9.84 Å². The largest absolute Gasteiger partial charge is 0.389 e. The maximum atomic E-state index is 10.5.